The number of aryl methyl sites for hydroxylation is 1. The Kier molecular flexibility index (Phi) is 6.35. The molecule has 2 heterocycles. The third kappa shape index (κ3) is 4.35. The molecule has 0 spiro atoms. The molecule has 6 heteroatoms. The second kappa shape index (κ2) is 9.14. The molecule has 2 aromatic carbocycles. The summed E-state index contributed by atoms with van der Waals surface area (Å²) in [6.45, 7) is 9.52. The summed E-state index contributed by atoms with van der Waals surface area (Å²) in [6.07, 6.45) is 0. The first-order valence-corrected chi connectivity index (χ1v) is 12.1. The van der Waals surface area contributed by atoms with Crippen LogP contribution in [0.25, 0.3) is 22.0 Å². The predicted molar refractivity (Wildman–Crippen MR) is 127 cm³/mol. The van der Waals surface area contributed by atoms with Crippen molar-refractivity contribution in [3.8, 4) is 22.0 Å². The molecular weight excluding hydrogens is 408 g/mol. The summed E-state index contributed by atoms with van der Waals surface area (Å²) >= 11 is 3.39. The van der Waals surface area contributed by atoms with Crippen LogP contribution in [0.4, 0.5) is 0 Å². The van der Waals surface area contributed by atoms with Gasteiger partial charge >= 0.3 is 0 Å². The zero-order valence-corrected chi connectivity index (χ0v) is 19.4. The van der Waals surface area contributed by atoms with Gasteiger partial charge in [-0.3, -0.25) is 0 Å². The zero-order valence-electron chi connectivity index (χ0n) is 17.8. The lowest BCUT2D eigenvalue weighted by Crippen LogP contribution is -2.00. The normalized spacial score (nSPS) is 11.4. The molecule has 0 atom stereocenters. The fourth-order valence-electron chi connectivity index (χ4n) is 3.36. The van der Waals surface area contributed by atoms with Crippen LogP contribution in [0, 0.1) is 6.92 Å². The first-order valence-electron chi connectivity index (χ1n) is 10.2. The van der Waals surface area contributed by atoms with E-state index in [1.54, 1.807) is 23.1 Å². The lowest BCUT2D eigenvalue weighted by molar-refractivity contribution is 0.687. The van der Waals surface area contributed by atoms with Crippen LogP contribution in [-0.2, 0) is 12.3 Å². The van der Waals surface area contributed by atoms with Crippen LogP contribution in [-0.4, -0.2) is 19.7 Å². The molecule has 4 rings (SSSR count). The Balaban J connectivity index is 1.49. The van der Waals surface area contributed by atoms with Gasteiger partial charge in [0.2, 0.25) is 0 Å². The maximum atomic E-state index is 4.84. The molecule has 4 nitrogen and oxygen atoms in total. The fraction of sp³-hybridized carbons (Fsp3) is 0.292. The van der Waals surface area contributed by atoms with Crippen molar-refractivity contribution in [3.05, 3.63) is 70.7 Å². The molecule has 0 saturated heterocycles. The molecule has 0 unspecified atom stereocenters. The Morgan fingerprint density at radius 3 is 2.50 bits per heavy atom. The topological polar surface area (TPSA) is 43.6 Å². The van der Waals surface area contributed by atoms with Gasteiger partial charge in [0, 0.05) is 28.8 Å². The summed E-state index contributed by atoms with van der Waals surface area (Å²) in [5.74, 6) is 2.26. The summed E-state index contributed by atoms with van der Waals surface area (Å²) in [5, 5.41) is 13.1. The van der Waals surface area contributed by atoms with Crippen LogP contribution in [0.3, 0.4) is 0 Å². The highest BCUT2D eigenvalue weighted by molar-refractivity contribution is 7.98. The second-order valence-corrected chi connectivity index (χ2v) is 9.38. The Bertz CT molecular complexity index is 1130. The van der Waals surface area contributed by atoms with Crippen LogP contribution in [0.2, 0.25) is 0 Å². The molecular formula is C24H26N4S2. The lowest BCUT2D eigenvalue weighted by Gasteiger charge is -2.08. The van der Waals surface area contributed by atoms with E-state index in [9.17, 15) is 0 Å². The van der Waals surface area contributed by atoms with Gasteiger partial charge in [0.25, 0.3) is 0 Å². The van der Waals surface area contributed by atoms with E-state index in [0.717, 1.165) is 39.5 Å². The minimum Gasteiger partial charge on any atom is -0.302 e. The van der Waals surface area contributed by atoms with Crippen LogP contribution >= 0.6 is 23.1 Å². The zero-order chi connectivity index (χ0) is 21.1. The summed E-state index contributed by atoms with van der Waals surface area (Å²) in [6, 6.07) is 17.1. The molecule has 0 N–H and O–H groups in total. The van der Waals surface area contributed by atoms with Crippen LogP contribution in [0.15, 0.2) is 59.1 Å². The molecule has 0 bridgehead atoms. The molecule has 154 valence electrons. The van der Waals surface area contributed by atoms with Crippen molar-refractivity contribution in [2.45, 2.75) is 51.1 Å². The molecule has 0 aliphatic heterocycles. The first kappa shape index (κ1) is 20.8. The van der Waals surface area contributed by atoms with Gasteiger partial charge in [-0.2, -0.15) is 0 Å². The van der Waals surface area contributed by atoms with Crippen LogP contribution in [0.5, 0.6) is 0 Å². The van der Waals surface area contributed by atoms with E-state index in [1.807, 2.05) is 6.07 Å². The van der Waals surface area contributed by atoms with Gasteiger partial charge < -0.3 is 4.57 Å². The monoisotopic (exact) mass is 434 g/mol. The lowest BCUT2D eigenvalue weighted by atomic mass is 10.0. The van der Waals surface area contributed by atoms with Crippen LogP contribution < -0.4 is 0 Å². The van der Waals surface area contributed by atoms with Gasteiger partial charge in [0.15, 0.2) is 11.0 Å². The Morgan fingerprint density at radius 1 is 1.03 bits per heavy atom. The van der Waals surface area contributed by atoms with Gasteiger partial charge in [0.1, 0.15) is 5.01 Å². The van der Waals surface area contributed by atoms with Crippen molar-refractivity contribution in [2.75, 3.05) is 0 Å². The fourth-order valence-corrected chi connectivity index (χ4v) is 5.18. The maximum Gasteiger partial charge on any atom is 0.191 e. The van der Waals surface area contributed by atoms with Crippen molar-refractivity contribution in [2.24, 2.45) is 0 Å². The number of hydrogen-bond donors (Lipinski definition) is 0. The van der Waals surface area contributed by atoms with Crippen molar-refractivity contribution in [3.63, 3.8) is 0 Å². The standard InChI is InChI=1S/C24H26N4S2/c1-5-28-22(21-9-7-6-8-17(21)4)26-27-24(28)30-15-20-14-29-23(25-20)19-12-10-18(11-13-19)16(2)3/h6-14,16H,5,15H2,1-4H3. The smallest absolute Gasteiger partial charge is 0.191 e. The highest BCUT2D eigenvalue weighted by atomic mass is 32.2. The molecule has 0 aliphatic carbocycles. The number of hydrogen-bond acceptors (Lipinski definition) is 5. The van der Waals surface area contributed by atoms with Crippen molar-refractivity contribution >= 4 is 23.1 Å². The highest BCUT2D eigenvalue weighted by Crippen LogP contribution is 2.30. The minimum absolute atomic E-state index is 0.544. The Hall–Kier alpha value is -2.44. The van der Waals surface area contributed by atoms with E-state index in [2.05, 4.69) is 90.3 Å². The number of thioether (sulfide) groups is 1. The number of aromatic nitrogens is 4. The van der Waals surface area contributed by atoms with E-state index in [0.29, 0.717) is 5.92 Å². The van der Waals surface area contributed by atoms with Gasteiger partial charge in [-0.25, -0.2) is 4.98 Å². The van der Waals surface area contributed by atoms with Gasteiger partial charge in [-0.1, -0.05) is 74.1 Å². The van der Waals surface area contributed by atoms with Gasteiger partial charge in [0.05, 0.1) is 5.69 Å². The summed E-state index contributed by atoms with van der Waals surface area (Å²) in [4.78, 5) is 4.84. The third-order valence-electron chi connectivity index (χ3n) is 5.14. The predicted octanol–water partition coefficient (Wildman–Crippen LogP) is 6.81. The maximum absolute atomic E-state index is 4.84. The number of thiazole rings is 1. The van der Waals surface area contributed by atoms with E-state index in [4.69, 9.17) is 4.98 Å². The minimum atomic E-state index is 0.544. The van der Waals surface area contributed by atoms with Crippen molar-refractivity contribution < 1.29 is 0 Å². The third-order valence-corrected chi connectivity index (χ3v) is 7.08. The van der Waals surface area contributed by atoms with E-state index < -0.39 is 0 Å². The quantitative estimate of drug-likeness (QED) is 0.300. The average molecular weight is 435 g/mol. The van der Waals surface area contributed by atoms with Gasteiger partial charge in [-0.05, 0) is 30.9 Å². The van der Waals surface area contributed by atoms with E-state index in [-0.39, 0.29) is 0 Å². The summed E-state index contributed by atoms with van der Waals surface area (Å²) in [5.41, 5.74) is 5.97. The average Bonchev–Trinajstić information content (AvgIpc) is 3.39. The van der Waals surface area contributed by atoms with Crippen molar-refractivity contribution in [1.82, 2.24) is 19.7 Å². The number of benzene rings is 2. The van der Waals surface area contributed by atoms with Gasteiger partial charge in [-0.15, -0.1) is 21.5 Å². The molecule has 4 aromatic rings. The largest absolute Gasteiger partial charge is 0.302 e. The molecule has 30 heavy (non-hydrogen) atoms. The number of rotatable bonds is 7. The van der Waals surface area contributed by atoms with Crippen LogP contribution in [0.1, 0.15) is 43.5 Å². The van der Waals surface area contributed by atoms with E-state index >= 15 is 0 Å². The molecule has 0 aliphatic rings. The molecule has 0 amide bonds. The Morgan fingerprint density at radius 2 is 1.80 bits per heavy atom. The first-order chi connectivity index (χ1) is 14.6. The molecule has 0 fully saturated rings. The Labute approximate surface area is 186 Å². The summed E-state index contributed by atoms with van der Waals surface area (Å²) < 4.78 is 2.19. The van der Waals surface area contributed by atoms with E-state index in [1.165, 1.54) is 16.7 Å². The molecule has 0 saturated carbocycles. The van der Waals surface area contributed by atoms with Crippen molar-refractivity contribution in [1.29, 1.82) is 0 Å². The highest BCUT2D eigenvalue weighted by Gasteiger charge is 2.15. The molecule has 0 radical (unpaired) electrons. The summed E-state index contributed by atoms with van der Waals surface area (Å²) in [7, 11) is 0. The SMILES string of the molecule is CCn1c(SCc2csc(-c3ccc(C(C)C)cc3)n2)nnc1-c1ccccc1C. The number of nitrogens with zero attached hydrogens (tertiary/aromatic N) is 4. The molecule has 2 aromatic heterocycles. The second-order valence-electron chi connectivity index (χ2n) is 7.57.